The molecule has 1 N–H and O–H groups in total. The lowest BCUT2D eigenvalue weighted by atomic mass is 10.1. The average Bonchev–Trinajstić information content (AvgIpc) is 2.39. The maximum Gasteiger partial charge on any atom is 0.269 e. The van der Waals surface area contributed by atoms with Crippen LogP contribution in [-0.2, 0) is 4.74 Å². The number of methoxy groups -OCH3 is 1. The molecule has 1 unspecified atom stereocenters. The lowest BCUT2D eigenvalue weighted by Crippen LogP contribution is -2.38. The molecule has 1 rings (SSSR count). The van der Waals surface area contributed by atoms with E-state index < -0.39 is 4.92 Å². The molecule has 7 heteroatoms. The molecule has 1 atom stereocenters. The van der Waals surface area contributed by atoms with Crippen LogP contribution < -0.4 is 5.32 Å². The number of alkyl halides is 1. The number of rotatable bonds is 7. The highest BCUT2D eigenvalue weighted by Crippen LogP contribution is 2.12. The van der Waals surface area contributed by atoms with Gasteiger partial charge in [0.05, 0.1) is 17.6 Å². The highest BCUT2D eigenvalue weighted by Gasteiger charge is 2.14. The number of hydrogen-bond donors (Lipinski definition) is 1. The van der Waals surface area contributed by atoms with E-state index in [4.69, 9.17) is 4.74 Å². The topological polar surface area (TPSA) is 81.5 Å². The van der Waals surface area contributed by atoms with Crippen molar-refractivity contribution in [2.75, 3.05) is 19.0 Å². The number of nitro groups is 1. The second-order valence-corrected chi connectivity index (χ2v) is 4.70. The number of hydrogen-bond acceptors (Lipinski definition) is 4. The standard InChI is InChI=1S/C12H15BrN2O4/c1-19-8-10(6-7-13)14-12(16)9-2-4-11(5-3-9)15(17)18/h2-5,10H,6-8H2,1H3,(H,14,16). The zero-order valence-corrected chi connectivity index (χ0v) is 12.1. The first kappa shape index (κ1) is 15.6. The van der Waals surface area contributed by atoms with Crippen LogP contribution in [-0.4, -0.2) is 35.9 Å². The van der Waals surface area contributed by atoms with Crippen molar-refractivity contribution < 1.29 is 14.5 Å². The molecule has 0 aliphatic heterocycles. The summed E-state index contributed by atoms with van der Waals surface area (Å²) in [6, 6.07) is 5.40. The maximum absolute atomic E-state index is 11.9. The largest absolute Gasteiger partial charge is 0.383 e. The Bertz CT molecular complexity index is 430. The first-order valence-electron chi connectivity index (χ1n) is 5.68. The van der Waals surface area contributed by atoms with E-state index in [9.17, 15) is 14.9 Å². The molecule has 0 aromatic heterocycles. The minimum absolute atomic E-state index is 0.0366. The lowest BCUT2D eigenvalue weighted by molar-refractivity contribution is -0.384. The van der Waals surface area contributed by atoms with Crippen molar-refractivity contribution in [1.29, 1.82) is 0 Å². The molecule has 6 nitrogen and oxygen atoms in total. The van der Waals surface area contributed by atoms with Gasteiger partial charge >= 0.3 is 0 Å². The number of carbonyl (C=O) groups is 1. The van der Waals surface area contributed by atoms with Crippen molar-refractivity contribution in [2.45, 2.75) is 12.5 Å². The van der Waals surface area contributed by atoms with Gasteiger partial charge in [-0.15, -0.1) is 0 Å². The van der Waals surface area contributed by atoms with Crippen LogP contribution in [0.1, 0.15) is 16.8 Å². The van der Waals surface area contributed by atoms with Crippen LogP contribution in [0.5, 0.6) is 0 Å². The molecule has 104 valence electrons. The van der Waals surface area contributed by atoms with E-state index in [0.717, 1.165) is 11.8 Å². The number of amides is 1. The van der Waals surface area contributed by atoms with Crippen LogP contribution in [0.4, 0.5) is 5.69 Å². The zero-order chi connectivity index (χ0) is 14.3. The average molecular weight is 331 g/mol. The minimum Gasteiger partial charge on any atom is -0.383 e. The third-order valence-electron chi connectivity index (χ3n) is 2.50. The first-order chi connectivity index (χ1) is 9.08. The van der Waals surface area contributed by atoms with Gasteiger partial charge in [-0.3, -0.25) is 14.9 Å². The highest BCUT2D eigenvalue weighted by molar-refractivity contribution is 9.09. The molecule has 1 aromatic rings. The van der Waals surface area contributed by atoms with E-state index in [-0.39, 0.29) is 17.6 Å². The highest BCUT2D eigenvalue weighted by atomic mass is 79.9. The molecular formula is C12H15BrN2O4. The van der Waals surface area contributed by atoms with Crippen molar-refractivity contribution in [3.8, 4) is 0 Å². The SMILES string of the molecule is COCC(CCBr)NC(=O)c1ccc([N+](=O)[O-])cc1. The van der Waals surface area contributed by atoms with Gasteiger partial charge in [-0.2, -0.15) is 0 Å². The van der Waals surface area contributed by atoms with Crippen LogP contribution in [0, 0.1) is 10.1 Å². The molecule has 19 heavy (non-hydrogen) atoms. The van der Waals surface area contributed by atoms with Gasteiger partial charge in [-0.05, 0) is 18.6 Å². The van der Waals surface area contributed by atoms with Crippen molar-refractivity contribution in [1.82, 2.24) is 5.32 Å². The molecule has 0 bridgehead atoms. The number of carbonyl (C=O) groups excluding carboxylic acids is 1. The Balaban J connectivity index is 2.68. The summed E-state index contributed by atoms with van der Waals surface area (Å²) in [7, 11) is 1.57. The van der Waals surface area contributed by atoms with Gasteiger partial charge in [0, 0.05) is 30.1 Å². The smallest absolute Gasteiger partial charge is 0.269 e. The summed E-state index contributed by atoms with van der Waals surface area (Å²) in [5.74, 6) is -0.266. The summed E-state index contributed by atoms with van der Waals surface area (Å²) in [6.45, 7) is 0.421. The predicted molar refractivity (Wildman–Crippen MR) is 74.6 cm³/mol. The summed E-state index contributed by atoms with van der Waals surface area (Å²) in [6.07, 6.45) is 0.743. The van der Waals surface area contributed by atoms with Gasteiger partial charge in [0.25, 0.3) is 11.6 Å². The number of ether oxygens (including phenoxy) is 1. The van der Waals surface area contributed by atoms with E-state index in [1.165, 1.54) is 24.3 Å². The van der Waals surface area contributed by atoms with Crippen LogP contribution in [0.15, 0.2) is 24.3 Å². The molecule has 0 saturated carbocycles. The normalized spacial score (nSPS) is 11.9. The third kappa shape index (κ3) is 4.96. The van der Waals surface area contributed by atoms with E-state index in [1.807, 2.05) is 0 Å². The summed E-state index contributed by atoms with van der Waals surface area (Å²) in [4.78, 5) is 21.9. The molecule has 0 spiro atoms. The molecule has 0 heterocycles. The minimum atomic E-state index is -0.500. The fourth-order valence-electron chi connectivity index (χ4n) is 1.53. The number of nitrogens with zero attached hydrogens (tertiary/aromatic N) is 1. The summed E-state index contributed by atoms with van der Waals surface area (Å²) in [5.41, 5.74) is 0.353. The Morgan fingerprint density at radius 3 is 2.58 bits per heavy atom. The van der Waals surface area contributed by atoms with Gasteiger partial charge in [0.1, 0.15) is 0 Å². The predicted octanol–water partition coefficient (Wildman–Crippen LogP) is 2.12. The van der Waals surface area contributed by atoms with Crippen LogP contribution in [0.25, 0.3) is 0 Å². The lowest BCUT2D eigenvalue weighted by Gasteiger charge is -2.16. The van der Waals surface area contributed by atoms with Crippen LogP contribution >= 0.6 is 15.9 Å². The Hall–Kier alpha value is -1.47. The van der Waals surface area contributed by atoms with Gasteiger partial charge in [-0.25, -0.2) is 0 Å². The Morgan fingerprint density at radius 1 is 1.47 bits per heavy atom. The van der Waals surface area contributed by atoms with Crippen molar-refractivity contribution >= 4 is 27.5 Å². The van der Waals surface area contributed by atoms with Crippen molar-refractivity contribution in [2.24, 2.45) is 0 Å². The first-order valence-corrected chi connectivity index (χ1v) is 6.81. The van der Waals surface area contributed by atoms with E-state index in [1.54, 1.807) is 7.11 Å². The molecule has 1 aromatic carbocycles. The fourth-order valence-corrected chi connectivity index (χ4v) is 2.09. The number of halogens is 1. The van der Waals surface area contributed by atoms with E-state index in [2.05, 4.69) is 21.2 Å². The quantitative estimate of drug-likeness (QED) is 0.471. The van der Waals surface area contributed by atoms with Gasteiger partial charge in [0.2, 0.25) is 0 Å². The second-order valence-electron chi connectivity index (χ2n) is 3.91. The molecule has 0 aliphatic rings. The Labute approximate surface area is 119 Å². The van der Waals surface area contributed by atoms with Crippen LogP contribution in [0.2, 0.25) is 0 Å². The molecule has 0 fully saturated rings. The molecule has 0 saturated heterocycles. The maximum atomic E-state index is 11.9. The van der Waals surface area contributed by atoms with Crippen molar-refractivity contribution in [3.05, 3.63) is 39.9 Å². The number of nitro benzene ring substituents is 1. The number of benzene rings is 1. The Kier molecular flexibility index (Phi) is 6.44. The summed E-state index contributed by atoms with van der Waals surface area (Å²) >= 11 is 3.31. The zero-order valence-electron chi connectivity index (χ0n) is 10.5. The second kappa shape index (κ2) is 7.85. The molecule has 0 aliphatic carbocycles. The van der Waals surface area contributed by atoms with E-state index >= 15 is 0 Å². The van der Waals surface area contributed by atoms with Gasteiger partial charge in [0.15, 0.2) is 0 Å². The van der Waals surface area contributed by atoms with Gasteiger partial charge in [-0.1, -0.05) is 15.9 Å². The summed E-state index contributed by atoms with van der Waals surface area (Å²) < 4.78 is 5.02. The van der Waals surface area contributed by atoms with Gasteiger partial charge < -0.3 is 10.1 Å². The Morgan fingerprint density at radius 2 is 2.11 bits per heavy atom. The third-order valence-corrected chi connectivity index (χ3v) is 2.96. The number of nitrogens with one attached hydrogen (secondary N) is 1. The molecular weight excluding hydrogens is 316 g/mol. The fraction of sp³-hybridized carbons (Fsp3) is 0.417. The molecule has 1 amide bonds. The number of non-ortho nitro benzene ring substituents is 1. The van der Waals surface area contributed by atoms with Crippen LogP contribution in [0.3, 0.4) is 0 Å². The molecule has 0 radical (unpaired) electrons. The summed E-state index contributed by atoms with van der Waals surface area (Å²) in [5, 5.41) is 14.1. The van der Waals surface area contributed by atoms with Crippen molar-refractivity contribution in [3.63, 3.8) is 0 Å². The monoisotopic (exact) mass is 330 g/mol. The van der Waals surface area contributed by atoms with E-state index in [0.29, 0.717) is 12.2 Å².